The Labute approximate surface area is 175 Å². The molecule has 0 unspecified atom stereocenters. The molecule has 4 heterocycles. The van der Waals surface area contributed by atoms with Gasteiger partial charge in [0.05, 0.1) is 23.6 Å². The van der Waals surface area contributed by atoms with Crippen LogP contribution in [-0.4, -0.2) is 57.6 Å². The first kappa shape index (κ1) is 20.6. The summed E-state index contributed by atoms with van der Waals surface area (Å²) in [5.74, 6) is -0.177. The molecule has 0 atom stereocenters. The van der Waals surface area contributed by atoms with E-state index in [9.17, 15) is 9.59 Å². The minimum atomic E-state index is -0.434. The number of aryl methyl sites for hydroxylation is 3. The lowest BCUT2D eigenvalue weighted by Gasteiger charge is -2.36. The van der Waals surface area contributed by atoms with Gasteiger partial charge in [0.25, 0.3) is 5.91 Å². The number of nitrogens with zero attached hydrogens (tertiary/aromatic N) is 4. The van der Waals surface area contributed by atoms with Crippen LogP contribution in [0.25, 0.3) is 0 Å². The van der Waals surface area contributed by atoms with Crippen molar-refractivity contribution < 1.29 is 19.1 Å². The standard InChI is InChI=1S/C21H29N5O4/c1-3-15-17-16(13-21(14-23-19(17)27)5-11-29-12-6-21)26(24-15)8-4-10-30-20(28)18-22-7-9-25(18)2/h7,9H,3-6,8,10-14H2,1-2H3,(H,23,27). The zero-order valence-electron chi connectivity index (χ0n) is 17.6. The second-order valence-electron chi connectivity index (χ2n) is 8.17. The molecule has 1 fully saturated rings. The smallest absolute Gasteiger partial charge is 0.374 e. The van der Waals surface area contributed by atoms with Crippen molar-refractivity contribution in [1.82, 2.24) is 24.6 Å². The predicted octanol–water partition coefficient (Wildman–Crippen LogP) is 1.51. The monoisotopic (exact) mass is 415 g/mol. The summed E-state index contributed by atoms with van der Waals surface area (Å²) < 4.78 is 14.5. The van der Waals surface area contributed by atoms with Crippen LogP contribution in [0.3, 0.4) is 0 Å². The number of imidazole rings is 1. The van der Waals surface area contributed by atoms with Crippen LogP contribution in [0.4, 0.5) is 0 Å². The molecule has 2 aliphatic heterocycles. The van der Waals surface area contributed by atoms with E-state index in [1.807, 2.05) is 11.6 Å². The van der Waals surface area contributed by atoms with E-state index in [0.717, 1.165) is 49.4 Å². The van der Waals surface area contributed by atoms with Gasteiger partial charge in [-0.25, -0.2) is 9.78 Å². The van der Waals surface area contributed by atoms with Gasteiger partial charge in [-0.15, -0.1) is 0 Å². The topological polar surface area (TPSA) is 100 Å². The average Bonchev–Trinajstić information content (AvgIpc) is 3.29. The number of hydrogen-bond acceptors (Lipinski definition) is 6. The van der Waals surface area contributed by atoms with Crippen LogP contribution < -0.4 is 5.32 Å². The zero-order chi connectivity index (χ0) is 21.1. The SMILES string of the molecule is CCc1nn(CCCOC(=O)c2nccn2C)c2c1C(=O)NCC1(CCOCC1)C2. The molecular formula is C21H29N5O4. The molecule has 2 aliphatic rings. The van der Waals surface area contributed by atoms with Crippen LogP contribution in [0.5, 0.6) is 0 Å². The Balaban J connectivity index is 1.47. The molecule has 1 amide bonds. The van der Waals surface area contributed by atoms with E-state index in [1.165, 1.54) is 0 Å². The van der Waals surface area contributed by atoms with E-state index in [2.05, 4.69) is 10.3 Å². The van der Waals surface area contributed by atoms with Gasteiger partial charge in [-0.2, -0.15) is 5.10 Å². The number of rotatable bonds is 6. The lowest BCUT2D eigenvalue weighted by molar-refractivity contribution is 0.0152. The highest BCUT2D eigenvalue weighted by molar-refractivity contribution is 5.97. The Morgan fingerprint density at radius 3 is 2.87 bits per heavy atom. The molecule has 9 heteroatoms. The summed E-state index contributed by atoms with van der Waals surface area (Å²) in [7, 11) is 1.76. The number of amides is 1. The van der Waals surface area contributed by atoms with E-state index in [-0.39, 0.29) is 23.8 Å². The van der Waals surface area contributed by atoms with Gasteiger partial charge in [-0.3, -0.25) is 9.48 Å². The molecule has 30 heavy (non-hydrogen) atoms. The van der Waals surface area contributed by atoms with E-state index < -0.39 is 5.97 Å². The first-order chi connectivity index (χ1) is 14.5. The Morgan fingerprint density at radius 2 is 2.17 bits per heavy atom. The molecule has 9 nitrogen and oxygen atoms in total. The lowest BCUT2D eigenvalue weighted by atomic mass is 9.76. The predicted molar refractivity (Wildman–Crippen MR) is 108 cm³/mol. The quantitative estimate of drug-likeness (QED) is 0.567. The maximum absolute atomic E-state index is 12.8. The second-order valence-corrected chi connectivity index (χ2v) is 8.17. The number of aromatic nitrogens is 4. The van der Waals surface area contributed by atoms with Crippen molar-refractivity contribution in [1.29, 1.82) is 0 Å². The summed E-state index contributed by atoms with van der Waals surface area (Å²) in [6, 6.07) is 0. The van der Waals surface area contributed by atoms with E-state index in [1.54, 1.807) is 24.0 Å². The molecule has 0 aromatic carbocycles. The summed E-state index contributed by atoms with van der Waals surface area (Å²) in [6.45, 7) is 5.01. The van der Waals surface area contributed by atoms with Gasteiger partial charge in [0.15, 0.2) is 0 Å². The maximum Gasteiger partial charge on any atom is 0.374 e. The van der Waals surface area contributed by atoms with Crippen molar-refractivity contribution >= 4 is 11.9 Å². The Bertz CT molecular complexity index is 926. The van der Waals surface area contributed by atoms with Crippen molar-refractivity contribution in [2.24, 2.45) is 12.5 Å². The first-order valence-corrected chi connectivity index (χ1v) is 10.6. The van der Waals surface area contributed by atoms with E-state index in [4.69, 9.17) is 14.6 Å². The van der Waals surface area contributed by atoms with Crippen LogP contribution >= 0.6 is 0 Å². The zero-order valence-corrected chi connectivity index (χ0v) is 17.6. The fourth-order valence-electron chi connectivity index (χ4n) is 4.36. The molecule has 4 rings (SSSR count). The van der Waals surface area contributed by atoms with Crippen molar-refractivity contribution in [3.63, 3.8) is 0 Å². The molecule has 0 saturated carbocycles. The molecule has 2 aromatic rings. The van der Waals surface area contributed by atoms with Crippen LogP contribution in [0.15, 0.2) is 12.4 Å². The summed E-state index contributed by atoms with van der Waals surface area (Å²) >= 11 is 0. The van der Waals surface area contributed by atoms with Crippen LogP contribution in [-0.2, 0) is 35.9 Å². The number of ether oxygens (including phenoxy) is 2. The fraction of sp³-hybridized carbons (Fsp3) is 0.619. The Hall–Kier alpha value is -2.68. The van der Waals surface area contributed by atoms with Gasteiger partial charge < -0.3 is 19.4 Å². The highest BCUT2D eigenvalue weighted by Gasteiger charge is 2.39. The number of esters is 1. The molecule has 1 saturated heterocycles. The maximum atomic E-state index is 12.8. The molecule has 162 valence electrons. The number of carbonyl (C=O) groups is 2. The molecule has 1 spiro atoms. The van der Waals surface area contributed by atoms with Gasteiger partial charge >= 0.3 is 5.97 Å². The lowest BCUT2D eigenvalue weighted by Crippen LogP contribution is -2.40. The average molecular weight is 415 g/mol. The van der Waals surface area contributed by atoms with Crippen molar-refractivity contribution in [2.45, 2.75) is 45.6 Å². The molecule has 1 N–H and O–H groups in total. The number of nitrogens with one attached hydrogen (secondary N) is 1. The molecule has 2 aromatic heterocycles. The van der Waals surface area contributed by atoms with Crippen molar-refractivity contribution in [2.75, 3.05) is 26.4 Å². The summed E-state index contributed by atoms with van der Waals surface area (Å²) in [4.78, 5) is 29.0. The van der Waals surface area contributed by atoms with Gasteiger partial charge in [0.2, 0.25) is 5.82 Å². The number of carbonyl (C=O) groups excluding carboxylic acids is 2. The van der Waals surface area contributed by atoms with E-state index in [0.29, 0.717) is 25.9 Å². The summed E-state index contributed by atoms with van der Waals surface area (Å²) in [5, 5.41) is 7.85. The van der Waals surface area contributed by atoms with Crippen molar-refractivity contribution in [3.8, 4) is 0 Å². The second kappa shape index (κ2) is 8.59. The van der Waals surface area contributed by atoms with Gasteiger partial charge in [-0.05, 0) is 31.1 Å². The Morgan fingerprint density at radius 1 is 1.37 bits per heavy atom. The van der Waals surface area contributed by atoms with Gasteiger partial charge in [-0.1, -0.05) is 6.92 Å². The van der Waals surface area contributed by atoms with Crippen molar-refractivity contribution in [3.05, 3.63) is 35.2 Å². The van der Waals surface area contributed by atoms with E-state index >= 15 is 0 Å². The molecule has 0 bridgehead atoms. The summed E-state index contributed by atoms with van der Waals surface area (Å²) in [6.07, 6.45) is 7.27. The van der Waals surface area contributed by atoms with Crippen LogP contribution in [0.2, 0.25) is 0 Å². The fourth-order valence-corrected chi connectivity index (χ4v) is 4.36. The molecular weight excluding hydrogens is 386 g/mol. The molecule has 0 aliphatic carbocycles. The highest BCUT2D eigenvalue weighted by Crippen LogP contribution is 2.37. The third kappa shape index (κ3) is 3.98. The minimum absolute atomic E-state index is 0.0205. The van der Waals surface area contributed by atoms with Crippen LogP contribution in [0.1, 0.15) is 58.6 Å². The largest absolute Gasteiger partial charge is 0.460 e. The third-order valence-corrected chi connectivity index (χ3v) is 6.16. The first-order valence-electron chi connectivity index (χ1n) is 10.6. The number of fused-ring (bicyclic) bond motifs is 1. The highest BCUT2D eigenvalue weighted by atomic mass is 16.5. The minimum Gasteiger partial charge on any atom is -0.460 e. The molecule has 0 radical (unpaired) electrons. The van der Waals surface area contributed by atoms with Gasteiger partial charge in [0, 0.05) is 52.2 Å². The van der Waals surface area contributed by atoms with Crippen LogP contribution in [0, 0.1) is 5.41 Å². The van der Waals surface area contributed by atoms with Gasteiger partial charge in [0.1, 0.15) is 0 Å². The summed E-state index contributed by atoms with van der Waals surface area (Å²) in [5.41, 5.74) is 2.58. The normalized spacial score (nSPS) is 18.0. The third-order valence-electron chi connectivity index (χ3n) is 6.16. The number of hydrogen-bond donors (Lipinski definition) is 1. The Kier molecular flexibility index (Phi) is 5.90.